The molecule has 2 rings (SSSR count). The van der Waals surface area contributed by atoms with Crippen LogP contribution in [0.3, 0.4) is 0 Å². The fourth-order valence-electron chi connectivity index (χ4n) is 2.78. The second-order valence-electron chi connectivity index (χ2n) is 5.46. The van der Waals surface area contributed by atoms with Gasteiger partial charge in [0, 0.05) is 19.0 Å². The number of nitrogens with zero attached hydrogens (tertiary/aromatic N) is 1. The maximum absolute atomic E-state index is 12.2. The molecule has 2 aliphatic rings. The van der Waals surface area contributed by atoms with Gasteiger partial charge in [-0.1, -0.05) is 6.92 Å². The quantitative estimate of drug-likeness (QED) is 0.708. The number of carbonyl (C=O) groups excluding carboxylic acids is 1. The average molecular weight is 259 g/mol. The number of likely N-dealkylation sites (tertiary alicyclic amines) is 1. The summed E-state index contributed by atoms with van der Waals surface area (Å²) in [6.07, 6.45) is 3.32. The van der Waals surface area contributed by atoms with Crippen molar-refractivity contribution >= 4 is 15.7 Å². The van der Waals surface area contributed by atoms with Gasteiger partial charge >= 0.3 is 0 Å². The van der Waals surface area contributed by atoms with Crippen molar-refractivity contribution in [1.29, 1.82) is 0 Å². The van der Waals surface area contributed by atoms with E-state index >= 15 is 0 Å². The van der Waals surface area contributed by atoms with E-state index in [2.05, 4.69) is 6.92 Å². The summed E-state index contributed by atoms with van der Waals surface area (Å²) in [5.74, 6) is 1.09. The molecule has 17 heavy (non-hydrogen) atoms. The van der Waals surface area contributed by atoms with E-state index in [1.165, 1.54) is 6.42 Å². The van der Waals surface area contributed by atoms with Crippen molar-refractivity contribution in [2.75, 3.05) is 24.6 Å². The number of hydrogen-bond donors (Lipinski definition) is 0. The lowest BCUT2D eigenvalue weighted by Gasteiger charge is -2.34. The first-order chi connectivity index (χ1) is 7.98. The van der Waals surface area contributed by atoms with Crippen LogP contribution in [0.15, 0.2) is 0 Å². The Morgan fingerprint density at radius 1 is 1.18 bits per heavy atom. The number of sulfone groups is 1. The van der Waals surface area contributed by atoms with E-state index in [0.29, 0.717) is 18.8 Å². The van der Waals surface area contributed by atoms with Gasteiger partial charge in [0.1, 0.15) is 9.84 Å². The summed E-state index contributed by atoms with van der Waals surface area (Å²) in [6.45, 7) is 3.87. The SMILES string of the molecule is CC1CCCN(C(=O)C2CCS(=O)(=O)CC2)C1. The van der Waals surface area contributed by atoms with Gasteiger partial charge in [-0.15, -0.1) is 0 Å². The molecule has 0 aromatic carbocycles. The summed E-state index contributed by atoms with van der Waals surface area (Å²) in [6, 6.07) is 0. The van der Waals surface area contributed by atoms with E-state index < -0.39 is 9.84 Å². The summed E-state index contributed by atoms with van der Waals surface area (Å²) in [5.41, 5.74) is 0. The van der Waals surface area contributed by atoms with Gasteiger partial charge in [-0.25, -0.2) is 8.42 Å². The summed E-state index contributed by atoms with van der Waals surface area (Å²) in [5, 5.41) is 0. The molecule has 2 saturated heterocycles. The van der Waals surface area contributed by atoms with Gasteiger partial charge in [0.05, 0.1) is 11.5 Å². The molecule has 1 unspecified atom stereocenters. The predicted molar refractivity (Wildman–Crippen MR) is 66.4 cm³/mol. The molecule has 5 heteroatoms. The number of hydrogen-bond acceptors (Lipinski definition) is 3. The van der Waals surface area contributed by atoms with Crippen molar-refractivity contribution in [3.05, 3.63) is 0 Å². The second-order valence-corrected chi connectivity index (χ2v) is 7.76. The highest BCUT2D eigenvalue weighted by Crippen LogP contribution is 2.24. The van der Waals surface area contributed by atoms with E-state index in [9.17, 15) is 13.2 Å². The lowest BCUT2D eigenvalue weighted by molar-refractivity contribution is -0.137. The molecule has 0 aromatic heterocycles. The smallest absolute Gasteiger partial charge is 0.225 e. The molecule has 0 bridgehead atoms. The van der Waals surface area contributed by atoms with Crippen molar-refractivity contribution < 1.29 is 13.2 Å². The van der Waals surface area contributed by atoms with Crippen molar-refractivity contribution in [2.45, 2.75) is 32.6 Å². The second kappa shape index (κ2) is 4.96. The van der Waals surface area contributed by atoms with E-state index in [1.54, 1.807) is 0 Å². The maximum atomic E-state index is 12.2. The Morgan fingerprint density at radius 3 is 2.41 bits per heavy atom. The largest absolute Gasteiger partial charge is 0.342 e. The minimum absolute atomic E-state index is 0.0520. The molecule has 2 fully saturated rings. The monoisotopic (exact) mass is 259 g/mol. The molecule has 1 atom stereocenters. The minimum atomic E-state index is -2.86. The van der Waals surface area contributed by atoms with Crippen LogP contribution in [0.4, 0.5) is 0 Å². The Hall–Kier alpha value is -0.580. The molecule has 0 spiro atoms. The number of piperidine rings is 1. The molecule has 1 amide bonds. The maximum Gasteiger partial charge on any atom is 0.225 e. The molecule has 0 aromatic rings. The molecule has 4 nitrogen and oxygen atoms in total. The molecule has 0 radical (unpaired) electrons. The van der Waals surface area contributed by atoms with Crippen molar-refractivity contribution in [3.8, 4) is 0 Å². The van der Waals surface area contributed by atoms with Gasteiger partial charge in [0.2, 0.25) is 5.91 Å². The lowest BCUT2D eigenvalue weighted by atomic mass is 9.96. The van der Waals surface area contributed by atoms with Gasteiger partial charge in [0.15, 0.2) is 0 Å². The Balaban J connectivity index is 1.92. The molecular formula is C12H21NO3S. The van der Waals surface area contributed by atoms with Crippen LogP contribution < -0.4 is 0 Å². The molecule has 2 heterocycles. The fourth-order valence-corrected chi connectivity index (χ4v) is 4.28. The third-order valence-corrected chi connectivity index (χ3v) is 5.59. The molecule has 0 N–H and O–H groups in total. The van der Waals surface area contributed by atoms with Crippen molar-refractivity contribution in [3.63, 3.8) is 0 Å². The standard InChI is InChI=1S/C12H21NO3S/c1-10-3-2-6-13(9-10)12(14)11-4-7-17(15,16)8-5-11/h10-11H,2-9H2,1H3. The molecule has 0 saturated carbocycles. The van der Waals surface area contributed by atoms with Gasteiger partial charge in [-0.2, -0.15) is 0 Å². The van der Waals surface area contributed by atoms with Gasteiger partial charge in [0.25, 0.3) is 0 Å². The van der Waals surface area contributed by atoms with Crippen LogP contribution in [0, 0.1) is 11.8 Å². The van der Waals surface area contributed by atoms with Crippen LogP contribution >= 0.6 is 0 Å². The van der Waals surface area contributed by atoms with Crippen LogP contribution in [0.2, 0.25) is 0 Å². The highest BCUT2D eigenvalue weighted by atomic mass is 32.2. The Kier molecular flexibility index (Phi) is 3.76. The number of carbonyl (C=O) groups is 1. The molecule has 98 valence electrons. The van der Waals surface area contributed by atoms with Gasteiger partial charge < -0.3 is 4.90 Å². The van der Waals surface area contributed by atoms with Crippen molar-refractivity contribution in [1.82, 2.24) is 4.90 Å². The zero-order valence-corrected chi connectivity index (χ0v) is 11.2. The Labute approximate surface area is 103 Å². The van der Waals surface area contributed by atoms with Crippen LogP contribution in [0.1, 0.15) is 32.6 Å². The zero-order valence-electron chi connectivity index (χ0n) is 10.4. The third kappa shape index (κ3) is 3.21. The Bertz CT molecular complexity index is 377. The van der Waals surface area contributed by atoms with Crippen LogP contribution in [0.25, 0.3) is 0 Å². The zero-order chi connectivity index (χ0) is 12.5. The van der Waals surface area contributed by atoms with Crippen LogP contribution in [0.5, 0.6) is 0 Å². The summed E-state index contributed by atoms with van der Waals surface area (Å²) in [4.78, 5) is 14.2. The van der Waals surface area contributed by atoms with Crippen LogP contribution in [-0.4, -0.2) is 43.8 Å². The molecule has 2 aliphatic heterocycles. The van der Waals surface area contributed by atoms with E-state index in [0.717, 1.165) is 19.5 Å². The summed E-state index contributed by atoms with van der Waals surface area (Å²) < 4.78 is 22.6. The van der Waals surface area contributed by atoms with Gasteiger partial charge in [-0.3, -0.25) is 4.79 Å². The highest BCUT2D eigenvalue weighted by molar-refractivity contribution is 7.91. The predicted octanol–water partition coefficient (Wildman–Crippen LogP) is 1.07. The number of amides is 1. The molecule has 0 aliphatic carbocycles. The van der Waals surface area contributed by atoms with Crippen molar-refractivity contribution in [2.24, 2.45) is 11.8 Å². The lowest BCUT2D eigenvalue weighted by Crippen LogP contribution is -2.44. The summed E-state index contributed by atoms with van der Waals surface area (Å²) >= 11 is 0. The fraction of sp³-hybridized carbons (Fsp3) is 0.917. The Morgan fingerprint density at radius 2 is 1.82 bits per heavy atom. The first-order valence-corrected chi connectivity index (χ1v) is 8.29. The van der Waals surface area contributed by atoms with Crippen LogP contribution in [-0.2, 0) is 14.6 Å². The first kappa shape index (κ1) is 12.9. The highest BCUT2D eigenvalue weighted by Gasteiger charge is 2.32. The average Bonchev–Trinajstić information content (AvgIpc) is 2.28. The third-order valence-electron chi connectivity index (χ3n) is 3.87. The number of rotatable bonds is 1. The molecular weight excluding hydrogens is 238 g/mol. The van der Waals surface area contributed by atoms with E-state index in [4.69, 9.17) is 0 Å². The van der Waals surface area contributed by atoms with E-state index in [-0.39, 0.29) is 23.3 Å². The first-order valence-electron chi connectivity index (χ1n) is 6.47. The summed E-state index contributed by atoms with van der Waals surface area (Å²) in [7, 11) is -2.86. The van der Waals surface area contributed by atoms with E-state index in [1.807, 2.05) is 4.90 Å². The normalized spacial score (nSPS) is 30.2. The van der Waals surface area contributed by atoms with Gasteiger partial charge in [-0.05, 0) is 31.6 Å². The topological polar surface area (TPSA) is 54.5 Å². The minimum Gasteiger partial charge on any atom is -0.342 e.